The number of pyridine rings is 1. The van der Waals surface area contributed by atoms with Crippen LogP contribution in [0.1, 0.15) is 47.8 Å². The molecular formula is C23H30N6O2. The molecule has 0 N–H and O–H groups in total. The van der Waals surface area contributed by atoms with Crippen molar-refractivity contribution in [3.8, 4) is 5.82 Å². The molecule has 1 saturated carbocycles. The van der Waals surface area contributed by atoms with Gasteiger partial charge in [-0.25, -0.2) is 9.67 Å². The quantitative estimate of drug-likeness (QED) is 0.681. The SMILES string of the molecule is CC(=O)c1ccc(-n2cc3c(n2)CCN(CC(=O)N2CCN(C4CCC4)CC2)C3)nc1. The van der Waals surface area contributed by atoms with E-state index in [4.69, 9.17) is 0 Å². The number of carbonyl (C=O) groups is 2. The van der Waals surface area contributed by atoms with Crippen LogP contribution in [0.2, 0.25) is 0 Å². The van der Waals surface area contributed by atoms with Crippen LogP contribution in [-0.4, -0.2) is 86.5 Å². The van der Waals surface area contributed by atoms with Gasteiger partial charge < -0.3 is 4.90 Å². The zero-order valence-electron chi connectivity index (χ0n) is 18.2. The van der Waals surface area contributed by atoms with Crippen LogP contribution in [0.5, 0.6) is 0 Å². The van der Waals surface area contributed by atoms with Crippen LogP contribution in [0.25, 0.3) is 5.82 Å². The van der Waals surface area contributed by atoms with Gasteiger partial charge in [0.15, 0.2) is 11.6 Å². The van der Waals surface area contributed by atoms with E-state index >= 15 is 0 Å². The summed E-state index contributed by atoms with van der Waals surface area (Å²) < 4.78 is 1.78. The molecule has 31 heavy (non-hydrogen) atoms. The minimum atomic E-state index is 0.00331. The van der Waals surface area contributed by atoms with Crippen LogP contribution in [0.15, 0.2) is 24.5 Å². The number of carbonyl (C=O) groups excluding carboxylic acids is 2. The molecule has 0 atom stereocenters. The third-order valence-electron chi connectivity index (χ3n) is 6.94. The summed E-state index contributed by atoms with van der Waals surface area (Å²) in [6, 6.07) is 4.36. The highest BCUT2D eigenvalue weighted by atomic mass is 16.2. The number of amides is 1. The van der Waals surface area contributed by atoms with E-state index in [-0.39, 0.29) is 11.7 Å². The van der Waals surface area contributed by atoms with Crippen LogP contribution in [0.4, 0.5) is 0 Å². The maximum Gasteiger partial charge on any atom is 0.236 e. The van der Waals surface area contributed by atoms with Crippen molar-refractivity contribution in [1.82, 2.24) is 29.5 Å². The molecule has 0 radical (unpaired) electrons. The van der Waals surface area contributed by atoms with Gasteiger partial charge in [-0.1, -0.05) is 6.42 Å². The molecular weight excluding hydrogens is 392 g/mol. The molecule has 5 rings (SSSR count). The maximum atomic E-state index is 12.9. The number of hydrogen-bond acceptors (Lipinski definition) is 6. The summed E-state index contributed by atoms with van der Waals surface area (Å²) in [5.41, 5.74) is 2.81. The Morgan fingerprint density at radius 3 is 2.55 bits per heavy atom. The van der Waals surface area contributed by atoms with Gasteiger partial charge in [0.1, 0.15) is 0 Å². The molecule has 1 amide bonds. The van der Waals surface area contributed by atoms with E-state index in [1.165, 1.54) is 26.2 Å². The van der Waals surface area contributed by atoms with Crippen molar-refractivity contribution in [2.75, 3.05) is 39.3 Å². The highest BCUT2D eigenvalue weighted by Crippen LogP contribution is 2.25. The van der Waals surface area contributed by atoms with Crippen molar-refractivity contribution in [2.24, 2.45) is 0 Å². The first-order valence-corrected chi connectivity index (χ1v) is 11.4. The zero-order valence-corrected chi connectivity index (χ0v) is 18.2. The lowest BCUT2D eigenvalue weighted by molar-refractivity contribution is -0.135. The Labute approximate surface area is 182 Å². The number of ketones is 1. The number of hydrogen-bond donors (Lipinski definition) is 0. The second-order valence-electron chi connectivity index (χ2n) is 8.97. The number of nitrogens with zero attached hydrogens (tertiary/aromatic N) is 6. The van der Waals surface area contributed by atoms with Gasteiger partial charge in [-0.15, -0.1) is 0 Å². The first kappa shape index (κ1) is 20.3. The standard InChI is InChI=1S/C23H30N6O2/c1-17(30)18-5-6-22(24-13-18)29-15-19-14-26(8-7-21(19)25-29)16-23(31)28-11-9-27(10-12-28)20-3-2-4-20/h5-6,13,15,20H,2-4,7-12,14,16H2,1H3. The van der Waals surface area contributed by atoms with E-state index in [2.05, 4.69) is 19.9 Å². The first-order chi connectivity index (χ1) is 15.1. The predicted molar refractivity (Wildman–Crippen MR) is 116 cm³/mol. The molecule has 4 heterocycles. The molecule has 0 unspecified atom stereocenters. The molecule has 0 bridgehead atoms. The van der Waals surface area contributed by atoms with Crippen molar-refractivity contribution >= 4 is 11.7 Å². The third kappa shape index (κ3) is 4.27. The Morgan fingerprint density at radius 1 is 1.10 bits per heavy atom. The van der Waals surface area contributed by atoms with E-state index < -0.39 is 0 Å². The average Bonchev–Trinajstić information content (AvgIpc) is 3.16. The lowest BCUT2D eigenvalue weighted by atomic mass is 9.91. The van der Waals surface area contributed by atoms with Crippen molar-refractivity contribution in [3.05, 3.63) is 41.3 Å². The molecule has 8 nitrogen and oxygen atoms in total. The molecule has 8 heteroatoms. The fourth-order valence-corrected chi connectivity index (χ4v) is 4.73. The number of fused-ring (bicyclic) bond motifs is 1. The number of piperazine rings is 1. The Hall–Kier alpha value is -2.58. The minimum Gasteiger partial charge on any atom is -0.339 e. The van der Waals surface area contributed by atoms with Crippen molar-refractivity contribution in [2.45, 2.75) is 45.2 Å². The summed E-state index contributed by atoms with van der Waals surface area (Å²) in [7, 11) is 0. The molecule has 0 aromatic carbocycles. The van der Waals surface area contributed by atoms with Gasteiger partial charge in [-0.2, -0.15) is 5.10 Å². The Bertz CT molecular complexity index is 957. The van der Waals surface area contributed by atoms with Crippen LogP contribution < -0.4 is 0 Å². The summed E-state index contributed by atoms with van der Waals surface area (Å²) in [4.78, 5) is 35.5. The van der Waals surface area contributed by atoms with Gasteiger partial charge in [0.05, 0.1) is 12.2 Å². The van der Waals surface area contributed by atoms with Crippen molar-refractivity contribution in [1.29, 1.82) is 0 Å². The summed E-state index contributed by atoms with van der Waals surface area (Å²) in [6.07, 6.45) is 8.43. The van der Waals surface area contributed by atoms with E-state index in [1.54, 1.807) is 16.9 Å². The van der Waals surface area contributed by atoms with Gasteiger partial charge in [0.2, 0.25) is 5.91 Å². The van der Waals surface area contributed by atoms with Gasteiger partial charge >= 0.3 is 0 Å². The normalized spacial score (nSPS) is 20.4. The molecule has 2 fully saturated rings. The molecule has 0 spiro atoms. The Kier molecular flexibility index (Phi) is 5.58. The summed E-state index contributed by atoms with van der Waals surface area (Å²) in [5, 5.41) is 4.68. The van der Waals surface area contributed by atoms with Crippen LogP contribution >= 0.6 is 0 Å². The summed E-state index contributed by atoms with van der Waals surface area (Å²) >= 11 is 0. The van der Waals surface area contributed by atoms with Crippen LogP contribution in [0, 0.1) is 0 Å². The van der Waals surface area contributed by atoms with Crippen LogP contribution in [-0.2, 0) is 17.8 Å². The number of rotatable bonds is 5. The monoisotopic (exact) mass is 422 g/mol. The third-order valence-corrected chi connectivity index (χ3v) is 6.94. The highest BCUT2D eigenvalue weighted by Gasteiger charge is 2.30. The van der Waals surface area contributed by atoms with Gasteiger partial charge in [0, 0.05) is 75.3 Å². The summed E-state index contributed by atoms with van der Waals surface area (Å²) in [6.45, 7) is 7.32. The molecule has 2 aromatic rings. The van der Waals surface area contributed by atoms with Crippen molar-refractivity contribution < 1.29 is 9.59 Å². The predicted octanol–water partition coefficient (Wildman–Crippen LogP) is 1.52. The molecule has 1 saturated heterocycles. The number of Topliss-reactive ketones (excluding diaryl/α,β-unsaturated/α-hetero) is 1. The lowest BCUT2D eigenvalue weighted by Gasteiger charge is -2.43. The fourth-order valence-electron chi connectivity index (χ4n) is 4.73. The molecule has 2 aliphatic heterocycles. The van der Waals surface area contributed by atoms with E-state index in [0.717, 1.165) is 63.0 Å². The zero-order chi connectivity index (χ0) is 21.4. The van der Waals surface area contributed by atoms with Crippen molar-refractivity contribution in [3.63, 3.8) is 0 Å². The average molecular weight is 423 g/mol. The molecule has 1 aliphatic carbocycles. The maximum absolute atomic E-state index is 12.9. The van der Waals surface area contributed by atoms with E-state index in [9.17, 15) is 9.59 Å². The molecule has 2 aromatic heterocycles. The largest absolute Gasteiger partial charge is 0.339 e. The molecule has 164 valence electrons. The second kappa shape index (κ2) is 8.51. The Balaban J connectivity index is 1.17. The summed E-state index contributed by atoms with van der Waals surface area (Å²) in [5.74, 6) is 0.945. The Morgan fingerprint density at radius 2 is 1.90 bits per heavy atom. The number of aromatic nitrogens is 3. The van der Waals surface area contributed by atoms with E-state index in [1.807, 2.05) is 17.2 Å². The van der Waals surface area contributed by atoms with Gasteiger partial charge in [0.25, 0.3) is 0 Å². The van der Waals surface area contributed by atoms with Gasteiger partial charge in [-0.05, 0) is 31.9 Å². The minimum absolute atomic E-state index is 0.00331. The topological polar surface area (TPSA) is 74.6 Å². The van der Waals surface area contributed by atoms with Gasteiger partial charge in [-0.3, -0.25) is 19.4 Å². The lowest BCUT2D eigenvalue weighted by Crippen LogP contribution is -2.55. The fraction of sp³-hybridized carbons (Fsp3) is 0.565. The smallest absolute Gasteiger partial charge is 0.236 e. The first-order valence-electron chi connectivity index (χ1n) is 11.4. The molecule has 3 aliphatic rings. The van der Waals surface area contributed by atoms with E-state index in [0.29, 0.717) is 17.9 Å². The second-order valence-corrected chi connectivity index (χ2v) is 8.97. The van der Waals surface area contributed by atoms with Crippen LogP contribution in [0.3, 0.4) is 0 Å². The highest BCUT2D eigenvalue weighted by molar-refractivity contribution is 5.93.